The van der Waals surface area contributed by atoms with Gasteiger partial charge in [-0.1, -0.05) is 6.92 Å². The summed E-state index contributed by atoms with van der Waals surface area (Å²) in [5.74, 6) is 5.62. The number of hydrogen-bond acceptors (Lipinski definition) is 2. The van der Waals surface area contributed by atoms with Crippen molar-refractivity contribution < 1.29 is 17.9 Å². The Balaban J connectivity index is 3.78. The molecule has 1 unspecified atom stereocenters. The molecule has 0 aromatic carbocycles. The van der Waals surface area contributed by atoms with Crippen molar-refractivity contribution in [2.75, 3.05) is 19.8 Å². The van der Waals surface area contributed by atoms with E-state index in [2.05, 4.69) is 21.9 Å². The molecule has 0 heterocycles. The van der Waals surface area contributed by atoms with Gasteiger partial charge in [-0.2, -0.15) is 13.2 Å². The van der Waals surface area contributed by atoms with Gasteiger partial charge in [-0.05, 0) is 19.9 Å². The Morgan fingerprint density at radius 3 is 2.56 bits per heavy atom. The summed E-state index contributed by atoms with van der Waals surface area (Å²) < 4.78 is 40.1. The fourth-order valence-corrected chi connectivity index (χ4v) is 1.22. The van der Waals surface area contributed by atoms with Crippen molar-refractivity contribution in [2.45, 2.75) is 38.9 Å². The Morgan fingerprint density at radius 2 is 2.06 bits per heavy atom. The topological polar surface area (TPSA) is 21.3 Å². The van der Waals surface area contributed by atoms with E-state index in [4.69, 9.17) is 0 Å². The summed E-state index contributed by atoms with van der Waals surface area (Å²) in [5, 5.41) is 3.07. The van der Waals surface area contributed by atoms with Crippen LogP contribution in [0.25, 0.3) is 0 Å². The molecule has 0 fully saturated rings. The predicted molar refractivity (Wildman–Crippen MR) is 57.0 cm³/mol. The smallest absolute Gasteiger partial charge is 0.370 e. The third-order valence-electron chi connectivity index (χ3n) is 1.87. The van der Waals surface area contributed by atoms with Crippen LogP contribution in [0.1, 0.15) is 26.7 Å². The first-order valence-electron chi connectivity index (χ1n) is 5.27. The molecule has 0 saturated heterocycles. The van der Waals surface area contributed by atoms with E-state index in [-0.39, 0.29) is 12.6 Å². The van der Waals surface area contributed by atoms with E-state index in [1.165, 1.54) is 0 Å². The molecule has 94 valence electrons. The van der Waals surface area contributed by atoms with Gasteiger partial charge in [0.1, 0.15) is 6.61 Å². The van der Waals surface area contributed by atoms with E-state index >= 15 is 0 Å². The Labute approximate surface area is 94.5 Å². The fraction of sp³-hybridized carbons (Fsp3) is 0.818. The van der Waals surface area contributed by atoms with E-state index in [9.17, 15) is 13.2 Å². The number of rotatable bonds is 7. The Bertz CT molecular complexity index is 230. The van der Waals surface area contributed by atoms with Gasteiger partial charge in [0.2, 0.25) is 0 Å². The van der Waals surface area contributed by atoms with Gasteiger partial charge in [-0.15, -0.1) is 11.8 Å². The molecule has 1 atom stereocenters. The summed E-state index contributed by atoms with van der Waals surface area (Å²) in [7, 11) is 0. The zero-order valence-electron chi connectivity index (χ0n) is 9.66. The van der Waals surface area contributed by atoms with Gasteiger partial charge < -0.3 is 10.1 Å². The molecule has 0 aromatic rings. The molecule has 0 rings (SSSR count). The van der Waals surface area contributed by atoms with E-state index in [0.717, 1.165) is 0 Å². The van der Waals surface area contributed by atoms with Gasteiger partial charge in [0.15, 0.2) is 0 Å². The summed E-state index contributed by atoms with van der Waals surface area (Å²) in [6.07, 6.45) is -2.88. The van der Waals surface area contributed by atoms with E-state index in [0.29, 0.717) is 19.4 Å². The van der Waals surface area contributed by atoms with Crippen molar-refractivity contribution in [1.82, 2.24) is 5.32 Å². The molecule has 0 aromatic heterocycles. The number of ether oxygens (including phenoxy) is 1. The quantitative estimate of drug-likeness (QED) is 0.686. The second-order valence-electron chi connectivity index (χ2n) is 3.35. The minimum absolute atomic E-state index is 0.0619. The number of halogens is 3. The molecule has 0 spiro atoms. The van der Waals surface area contributed by atoms with Gasteiger partial charge in [0.05, 0.1) is 6.61 Å². The van der Waals surface area contributed by atoms with Crippen LogP contribution in [-0.2, 0) is 4.74 Å². The first-order valence-corrected chi connectivity index (χ1v) is 5.27. The molecule has 0 aliphatic rings. The largest absolute Gasteiger partial charge is 0.411 e. The molecule has 0 amide bonds. The van der Waals surface area contributed by atoms with Gasteiger partial charge in [0.25, 0.3) is 0 Å². The molecule has 16 heavy (non-hydrogen) atoms. The number of likely N-dealkylation sites (N-methyl/N-ethyl adjacent to an activating group) is 1. The maximum Gasteiger partial charge on any atom is 0.411 e. The summed E-state index contributed by atoms with van der Waals surface area (Å²) in [4.78, 5) is 0. The molecule has 0 radical (unpaired) electrons. The van der Waals surface area contributed by atoms with Crippen molar-refractivity contribution in [1.29, 1.82) is 0 Å². The number of alkyl halides is 3. The van der Waals surface area contributed by atoms with Crippen LogP contribution in [0.4, 0.5) is 13.2 Å². The predicted octanol–water partition coefficient (Wildman–Crippen LogP) is 2.35. The first kappa shape index (κ1) is 15.3. The monoisotopic (exact) mass is 237 g/mol. The van der Waals surface area contributed by atoms with Crippen LogP contribution in [-0.4, -0.2) is 32.0 Å². The molecule has 5 heteroatoms. The van der Waals surface area contributed by atoms with Crippen molar-refractivity contribution >= 4 is 0 Å². The van der Waals surface area contributed by atoms with Crippen LogP contribution in [0.2, 0.25) is 0 Å². The van der Waals surface area contributed by atoms with Gasteiger partial charge in [-0.3, -0.25) is 0 Å². The van der Waals surface area contributed by atoms with Crippen LogP contribution in [0.15, 0.2) is 0 Å². The van der Waals surface area contributed by atoms with Crippen LogP contribution in [0, 0.1) is 11.8 Å². The van der Waals surface area contributed by atoms with Crippen molar-refractivity contribution in [2.24, 2.45) is 0 Å². The maximum atomic E-state index is 11.8. The van der Waals surface area contributed by atoms with Gasteiger partial charge in [0, 0.05) is 12.5 Å². The summed E-state index contributed by atoms with van der Waals surface area (Å²) in [5.41, 5.74) is 0. The summed E-state index contributed by atoms with van der Waals surface area (Å²) in [6.45, 7) is 3.23. The molecule has 0 aliphatic heterocycles. The molecule has 2 nitrogen and oxygen atoms in total. The summed E-state index contributed by atoms with van der Waals surface area (Å²) >= 11 is 0. The van der Waals surface area contributed by atoms with E-state index in [1.54, 1.807) is 6.92 Å². The van der Waals surface area contributed by atoms with Crippen molar-refractivity contribution in [3.8, 4) is 11.8 Å². The number of hydrogen-bond donors (Lipinski definition) is 1. The highest BCUT2D eigenvalue weighted by Crippen LogP contribution is 2.14. The summed E-state index contributed by atoms with van der Waals surface area (Å²) in [6, 6.07) is -0.0619. The third kappa shape index (κ3) is 9.81. The average molecular weight is 237 g/mol. The standard InChI is InChI=1S/C11H18F3NO/c1-3-5-6-7-10(15-4-2)8-16-9-11(12,13)14/h10,15H,4,6-9H2,1-2H3. The maximum absolute atomic E-state index is 11.8. The highest BCUT2D eigenvalue weighted by Gasteiger charge is 2.27. The van der Waals surface area contributed by atoms with Crippen LogP contribution in [0.5, 0.6) is 0 Å². The zero-order valence-corrected chi connectivity index (χ0v) is 9.66. The third-order valence-corrected chi connectivity index (χ3v) is 1.87. The molecular formula is C11H18F3NO. The second kappa shape index (κ2) is 8.43. The fourth-order valence-electron chi connectivity index (χ4n) is 1.22. The SMILES string of the molecule is CC#CCCC(COCC(F)(F)F)NCC. The highest BCUT2D eigenvalue weighted by molar-refractivity contribution is 4.95. The Kier molecular flexibility index (Phi) is 8.04. The van der Waals surface area contributed by atoms with E-state index in [1.807, 2.05) is 6.92 Å². The van der Waals surface area contributed by atoms with Crippen molar-refractivity contribution in [3.63, 3.8) is 0 Å². The average Bonchev–Trinajstić information content (AvgIpc) is 2.16. The van der Waals surface area contributed by atoms with Crippen molar-refractivity contribution in [3.05, 3.63) is 0 Å². The molecular weight excluding hydrogens is 219 g/mol. The lowest BCUT2D eigenvalue weighted by atomic mass is 10.1. The Hall–Kier alpha value is -0.730. The lowest BCUT2D eigenvalue weighted by Crippen LogP contribution is -2.34. The number of nitrogens with one attached hydrogen (secondary N) is 1. The van der Waals surface area contributed by atoms with Gasteiger partial charge >= 0.3 is 6.18 Å². The normalized spacial score (nSPS) is 13.1. The second-order valence-corrected chi connectivity index (χ2v) is 3.35. The minimum Gasteiger partial charge on any atom is -0.370 e. The van der Waals surface area contributed by atoms with Crippen LogP contribution < -0.4 is 5.32 Å². The molecule has 0 bridgehead atoms. The van der Waals surface area contributed by atoms with Crippen LogP contribution in [0.3, 0.4) is 0 Å². The first-order chi connectivity index (χ1) is 7.49. The minimum atomic E-state index is -4.25. The Morgan fingerprint density at radius 1 is 1.38 bits per heavy atom. The molecule has 0 saturated carbocycles. The van der Waals surface area contributed by atoms with Gasteiger partial charge in [-0.25, -0.2) is 0 Å². The molecule has 0 aliphatic carbocycles. The lowest BCUT2D eigenvalue weighted by Gasteiger charge is -2.17. The zero-order chi connectivity index (χ0) is 12.4. The van der Waals surface area contributed by atoms with E-state index < -0.39 is 12.8 Å². The molecule has 1 N–H and O–H groups in total. The lowest BCUT2D eigenvalue weighted by molar-refractivity contribution is -0.175. The van der Waals surface area contributed by atoms with Crippen LogP contribution >= 0.6 is 0 Å². The highest BCUT2D eigenvalue weighted by atomic mass is 19.4.